The fourth-order valence-corrected chi connectivity index (χ4v) is 4.09. The lowest BCUT2D eigenvalue weighted by atomic mass is 9.96. The van der Waals surface area contributed by atoms with Gasteiger partial charge >= 0.3 is 6.03 Å². The smallest absolute Gasteiger partial charge is 0.324 e. The molecular formula is C22H22ClF2N3O3. The van der Waals surface area contributed by atoms with Crippen molar-refractivity contribution in [3.63, 3.8) is 0 Å². The molecule has 0 radical (unpaired) electrons. The summed E-state index contributed by atoms with van der Waals surface area (Å²) in [6.07, 6.45) is 0.734. The van der Waals surface area contributed by atoms with Gasteiger partial charge < -0.3 is 15.0 Å². The lowest BCUT2D eigenvalue weighted by molar-refractivity contribution is -0.121. The molecule has 0 spiro atoms. The van der Waals surface area contributed by atoms with E-state index in [4.69, 9.17) is 16.3 Å². The van der Waals surface area contributed by atoms with Crippen LogP contribution in [0.15, 0.2) is 36.4 Å². The number of urea groups is 1. The second-order valence-corrected chi connectivity index (χ2v) is 8.24. The Kier molecular flexibility index (Phi) is 6.00. The van der Waals surface area contributed by atoms with E-state index in [0.717, 1.165) is 12.1 Å². The molecule has 1 atom stereocenters. The van der Waals surface area contributed by atoms with Crippen LogP contribution in [0.4, 0.5) is 25.0 Å². The highest BCUT2D eigenvalue weighted by Crippen LogP contribution is 2.36. The number of amides is 3. The van der Waals surface area contributed by atoms with Gasteiger partial charge in [-0.25, -0.2) is 13.6 Å². The lowest BCUT2D eigenvalue weighted by Gasteiger charge is -2.39. The molecule has 2 aliphatic heterocycles. The molecule has 1 saturated heterocycles. The van der Waals surface area contributed by atoms with Crippen LogP contribution in [0.5, 0.6) is 5.75 Å². The van der Waals surface area contributed by atoms with Crippen molar-refractivity contribution >= 4 is 34.9 Å². The number of rotatable bonds is 2. The van der Waals surface area contributed by atoms with E-state index in [0.29, 0.717) is 48.9 Å². The van der Waals surface area contributed by atoms with E-state index in [1.54, 1.807) is 28.0 Å². The molecule has 0 bridgehead atoms. The number of hydrogen-bond donors (Lipinski definition) is 1. The standard InChI is InChI=1S/C22H22ClF2N3O3/c1-13-12-28(19-10-15(23)2-5-20(19)31-13)22(30)27-8-6-14(7-9-27)21(29)26-18-4-3-16(24)11-17(18)25/h2-5,10-11,13-14H,6-9,12H2,1H3,(H,26,29)/t13-/m1/s1. The summed E-state index contributed by atoms with van der Waals surface area (Å²) in [7, 11) is 0. The minimum Gasteiger partial charge on any atom is -0.487 e. The van der Waals surface area contributed by atoms with E-state index < -0.39 is 11.6 Å². The highest BCUT2D eigenvalue weighted by atomic mass is 35.5. The van der Waals surface area contributed by atoms with Crippen molar-refractivity contribution in [1.29, 1.82) is 0 Å². The Morgan fingerprint density at radius 3 is 2.58 bits per heavy atom. The van der Waals surface area contributed by atoms with Gasteiger partial charge in [0.15, 0.2) is 0 Å². The molecule has 2 aromatic rings. The summed E-state index contributed by atoms with van der Waals surface area (Å²) in [4.78, 5) is 29.1. The van der Waals surface area contributed by atoms with E-state index in [1.165, 1.54) is 6.07 Å². The fourth-order valence-electron chi connectivity index (χ4n) is 3.92. The number of fused-ring (bicyclic) bond motifs is 1. The van der Waals surface area contributed by atoms with E-state index in [2.05, 4.69) is 5.32 Å². The van der Waals surface area contributed by atoms with Crippen LogP contribution < -0.4 is 15.0 Å². The number of carbonyl (C=O) groups is 2. The number of nitrogens with one attached hydrogen (secondary N) is 1. The van der Waals surface area contributed by atoms with Crippen molar-refractivity contribution in [3.05, 3.63) is 53.1 Å². The number of benzene rings is 2. The first kappa shape index (κ1) is 21.4. The summed E-state index contributed by atoms with van der Waals surface area (Å²) in [5.41, 5.74) is 0.572. The first-order chi connectivity index (χ1) is 14.8. The van der Waals surface area contributed by atoms with Crippen LogP contribution >= 0.6 is 11.6 Å². The van der Waals surface area contributed by atoms with E-state index in [-0.39, 0.29) is 29.6 Å². The fraction of sp³-hybridized carbons (Fsp3) is 0.364. The number of nitrogens with zero attached hydrogens (tertiary/aromatic N) is 2. The Labute approximate surface area is 183 Å². The molecule has 0 unspecified atom stereocenters. The predicted octanol–water partition coefficient (Wildman–Crippen LogP) is 4.68. The van der Waals surface area contributed by atoms with Crippen molar-refractivity contribution in [2.24, 2.45) is 5.92 Å². The monoisotopic (exact) mass is 449 g/mol. The van der Waals surface area contributed by atoms with Gasteiger partial charge in [-0.15, -0.1) is 0 Å². The Morgan fingerprint density at radius 2 is 1.87 bits per heavy atom. The zero-order valence-corrected chi connectivity index (χ0v) is 17.7. The van der Waals surface area contributed by atoms with Crippen molar-refractivity contribution < 1.29 is 23.1 Å². The average molecular weight is 450 g/mol. The molecule has 164 valence electrons. The van der Waals surface area contributed by atoms with Crippen LogP contribution in [0, 0.1) is 17.6 Å². The zero-order valence-electron chi connectivity index (χ0n) is 16.9. The maximum absolute atomic E-state index is 13.8. The quantitative estimate of drug-likeness (QED) is 0.724. The summed E-state index contributed by atoms with van der Waals surface area (Å²) in [6.45, 7) is 3.08. The first-order valence-corrected chi connectivity index (χ1v) is 10.5. The number of ether oxygens (including phenoxy) is 1. The average Bonchev–Trinajstić information content (AvgIpc) is 2.75. The minimum absolute atomic E-state index is 0.0549. The van der Waals surface area contributed by atoms with Crippen molar-refractivity contribution in [3.8, 4) is 5.75 Å². The molecule has 0 saturated carbocycles. The van der Waals surface area contributed by atoms with Crippen LogP contribution in [0.3, 0.4) is 0 Å². The Morgan fingerprint density at radius 1 is 1.13 bits per heavy atom. The normalized spacial score (nSPS) is 18.9. The zero-order chi connectivity index (χ0) is 22.1. The van der Waals surface area contributed by atoms with Crippen molar-refractivity contribution in [2.45, 2.75) is 25.9 Å². The molecule has 0 aliphatic carbocycles. The van der Waals surface area contributed by atoms with E-state index >= 15 is 0 Å². The first-order valence-electron chi connectivity index (χ1n) is 10.1. The third-order valence-electron chi connectivity index (χ3n) is 5.54. The molecule has 0 aromatic heterocycles. The molecule has 2 heterocycles. The van der Waals surface area contributed by atoms with Crippen LogP contribution in [-0.2, 0) is 4.79 Å². The Balaban J connectivity index is 1.39. The van der Waals surface area contributed by atoms with E-state index in [1.807, 2.05) is 6.92 Å². The van der Waals surface area contributed by atoms with Crippen molar-refractivity contribution in [2.75, 3.05) is 29.9 Å². The molecule has 9 heteroatoms. The molecule has 1 fully saturated rings. The largest absolute Gasteiger partial charge is 0.487 e. The topological polar surface area (TPSA) is 61.9 Å². The third-order valence-corrected chi connectivity index (χ3v) is 5.77. The maximum atomic E-state index is 13.8. The highest BCUT2D eigenvalue weighted by molar-refractivity contribution is 6.31. The van der Waals surface area contributed by atoms with Crippen LogP contribution in [0.1, 0.15) is 19.8 Å². The Bertz CT molecular complexity index is 1010. The third kappa shape index (κ3) is 4.58. The van der Waals surface area contributed by atoms with Gasteiger partial charge in [-0.1, -0.05) is 11.6 Å². The highest BCUT2D eigenvalue weighted by Gasteiger charge is 2.34. The molecule has 1 N–H and O–H groups in total. The molecule has 2 aromatic carbocycles. The second kappa shape index (κ2) is 8.70. The number of carbonyl (C=O) groups excluding carboxylic acids is 2. The van der Waals surface area contributed by atoms with Gasteiger partial charge in [-0.2, -0.15) is 0 Å². The van der Waals surface area contributed by atoms with Gasteiger partial charge in [-0.05, 0) is 50.1 Å². The number of hydrogen-bond acceptors (Lipinski definition) is 3. The van der Waals surface area contributed by atoms with Crippen LogP contribution in [0.2, 0.25) is 5.02 Å². The molecule has 4 rings (SSSR count). The van der Waals surface area contributed by atoms with Gasteiger partial charge in [0, 0.05) is 30.1 Å². The lowest BCUT2D eigenvalue weighted by Crippen LogP contribution is -2.51. The predicted molar refractivity (Wildman–Crippen MR) is 114 cm³/mol. The summed E-state index contributed by atoms with van der Waals surface area (Å²) >= 11 is 6.11. The number of anilines is 2. The summed E-state index contributed by atoms with van der Waals surface area (Å²) < 4.78 is 32.6. The SMILES string of the molecule is C[C@@H]1CN(C(=O)N2CCC(C(=O)Nc3ccc(F)cc3F)CC2)c2cc(Cl)ccc2O1. The van der Waals surface area contributed by atoms with Crippen LogP contribution in [-0.4, -0.2) is 42.6 Å². The van der Waals surface area contributed by atoms with Gasteiger partial charge in [-0.3, -0.25) is 9.69 Å². The van der Waals surface area contributed by atoms with Crippen LogP contribution in [0.25, 0.3) is 0 Å². The second-order valence-electron chi connectivity index (χ2n) is 7.81. The summed E-state index contributed by atoms with van der Waals surface area (Å²) in [5.74, 6) is -1.62. The molecule has 6 nitrogen and oxygen atoms in total. The number of likely N-dealkylation sites (tertiary alicyclic amines) is 1. The number of piperidine rings is 1. The number of halogens is 3. The summed E-state index contributed by atoms with van der Waals surface area (Å²) in [6, 6.07) is 8.02. The van der Waals surface area contributed by atoms with Crippen molar-refractivity contribution in [1.82, 2.24) is 4.90 Å². The maximum Gasteiger partial charge on any atom is 0.324 e. The summed E-state index contributed by atoms with van der Waals surface area (Å²) in [5, 5.41) is 3.03. The van der Waals surface area contributed by atoms with Gasteiger partial charge in [0.05, 0.1) is 17.9 Å². The van der Waals surface area contributed by atoms with Gasteiger partial charge in [0.1, 0.15) is 23.5 Å². The van der Waals surface area contributed by atoms with E-state index in [9.17, 15) is 18.4 Å². The molecule has 31 heavy (non-hydrogen) atoms. The van der Waals surface area contributed by atoms with Gasteiger partial charge in [0.25, 0.3) is 0 Å². The van der Waals surface area contributed by atoms with Gasteiger partial charge in [0.2, 0.25) is 5.91 Å². The minimum atomic E-state index is -0.820. The Hall–Kier alpha value is -2.87. The molecule has 2 aliphatic rings. The molecular weight excluding hydrogens is 428 g/mol. The molecule has 3 amide bonds.